The number of nitrogens with zero attached hydrogens (tertiary/aromatic N) is 3. The molecular formula is C20H23ClF2IN5O. The Morgan fingerprint density at radius 3 is 2.80 bits per heavy atom. The molecule has 0 aliphatic carbocycles. The molecule has 0 saturated heterocycles. The molecule has 2 aromatic heterocycles. The first-order chi connectivity index (χ1) is 14.0. The molecule has 10 heteroatoms. The first-order valence-electron chi connectivity index (χ1n) is 9.07. The number of benzene rings is 1. The minimum Gasteiger partial charge on any atom is -0.434 e. The Morgan fingerprint density at radius 1 is 1.30 bits per heavy atom. The third-order valence-corrected chi connectivity index (χ3v) is 4.54. The van der Waals surface area contributed by atoms with E-state index in [1.54, 1.807) is 13.1 Å². The number of ether oxygens (including phenoxy) is 1. The molecule has 6 nitrogen and oxygen atoms in total. The molecule has 162 valence electrons. The van der Waals surface area contributed by atoms with E-state index in [9.17, 15) is 8.78 Å². The van der Waals surface area contributed by atoms with Gasteiger partial charge in [0.15, 0.2) is 5.96 Å². The van der Waals surface area contributed by atoms with Gasteiger partial charge in [-0.3, -0.25) is 4.99 Å². The summed E-state index contributed by atoms with van der Waals surface area (Å²) in [4.78, 5) is 8.79. The monoisotopic (exact) mass is 549 g/mol. The Morgan fingerprint density at radius 2 is 2.10 bits per heavy atom. The van der Waals surface area contributed by atoms with Crippen LogP contribution in [0.5, 0.6) is 5.75 Å². The van der Waals surface area contributed by atoms with Crippen LogP contribution < -0.4 is 15.4 Å². The maximum absolute atomic E-state index is 12.6. The van der Waals surface area contributed by atoms with Gasteiger partial charge in [-0.15, -0.1) is 24.0 Å². The van der Waals surface area contributed by atoms with Crippen molar-refractivity contribution in [3.05, 3.63) is 64.6 Å². The van der Waals surface area contributed by atoms with Gasteiger partial charge in [-0.2, -0.15) is 8.78 Å². The van der Waals surface area contributed by atoms with Gasteiger partial charge in [0.25, 0.3) is 0 Å². The third kappa shape index (κ3) is 6.43. The van der Waals surface area contributed by atoms with Crippen molar-refractivity contribution in [2.75, 3.05) is 13.6 Å². The highest BCUT2D eigenvalue weighted by Gasteiger charge is 2.11. The van der Waals surface area contributed by atoms with Gasteiger partial charge in [-0.25, -0.2) is 4.98 Å². The molecule has 0 amide bonds. The zero-order valence-electron chi connectivity index (χ0n) is 16.5. The molecule has 0 aliphatic heterocycles. The third-order valence-electron chi connectivity index (χ3n) is 4.31. The first kappa shape index (κ1) is 24.1. The number of aromatic nitrogens is 2. The van der Waals surface area contributed by atoms with E-state index in [-0.39, 0.29) is 36.3 Å². The van der Waals surface area contributed by atoms with Crippen LogP contribution >= 0.6 is 35.6 Å². The molecule has 0 atom stereocenters. The molecule has 0 fully saturated rings. The number of nitrogens with one attached hydrogen (secondary N) is 2. The van der Waals surface area contributed by atoms with Crippen molar-refractivity contribution in [1.82, 2.24) is 20.0 Å². The van der Waals surface area contributed by atoms with Crippen molar-refractivity contribution in [3.8, 4) is 5.75 Å². The smallest absolute Gasteiger partial charge is 0.387 e. The minimum absolute atomic E-state index is 0. The Bertz CT molecular complexity index is 1010. The number of pyridine rings is 1. The number of aliphatic imine (C=N–C) groups is 1. The molecule has 2 heterocycles. The van der Waals surface area contributed by atoms with Crippen molar-refractivity contribution in [3.63, 3.8) is 0 Å². The molecule has 0 radical (unpaired) electrons. The molecule has 3 rings (SSSR count). The molecule has 0 saturated carbocycles. The normalized spacial score (nSPS) is 11.5. The summed E-state index contributed by atoms with van der Waals surface area (Å²) in [5.74, 6) is 0.611. The van der Waals surface area contributed by atoms with E-state index in [4.69, 9.17) is 11.6 Å². The number of hydrogen-bond acceptors (Lipinski definition) is 3. The quantitative estimate of drug-likeness (QED) is 0.260. The summed E-state index contributed by atoms with van der Waals surface area (Å²) in [7, 11) is 1.64. The lowest BCUT2D eigenvalue weighted by molar-refractivity contribution is -0.0504. The number of imidazole rings is 1. The van der Waals surface area contributed by atoms with E-state index in [2.05, 4.69) is 25.3 Å². The highest BCUT2D eigenvalue weighted by molar-refractivity contribution is 14.0. The first-order valence-corrected chi connectivity index (χ1v) is 9.45. The van der Waals surface area contributed by atoms with E-state index < -0.39 is 6.61 Å². The van der Waals surface area contributed by atoms with Gasteiger partial charge < -0.3 is 19.8 Å². The van der Waals surface area contributed by atoms with Crippen molar-refractivity contribution < 1.29 is 13.5 Å². The van der Waals surface area contributed by atoms with Gasteiger partial charge in [0.05, 0.1) is 5.69 Å². The van der Waals surface area contributed by atoms with Crippen LogP contribution in [0.25, 0.3) is 5.65 Å². The van der Waals surface area contributed by atoms with E-state index >= 15 is 0 Å². The molecule has 30 heavy (non-hydrogen) atoms. The van der Waals surface area contributed by atoms with Crippen LogP contribution in [0.4, 0.5) is 8.78 Å². The number of rotatable bonds is 7. The number of halogens is 4. The van der Waals surface area contributed by atoms with Gasteiger partial charge in [-0.1, -0.05) is 17.7 Å². The number of fused-ring (bicyclic) bond motifs is 1. The average molecular weight is 550 g/mol. The summed E-state index contributed by atoms with van der Waals surface area (Å²) in [6, 6.07) is 8.52. The van der Waals surface area contributed by atoms with Crippen LogP contribution in [0.3, 0.4) is 0 Å². The van der Waals surface area contributed by atoms with Crippen LogP contribution in [0.15, 0.2) is 47.7 Å². The zero-order chi connectivity index (χ0) is 20.8. The second kappa shape index (κ2) is 11.3. The molecule has 0 spiro atoms. The average Bonchev–Trinajstić information content (AvgIpc) is 3.10. The zero-order valence-corrected chi connectivity index (χ0v) is 19.6. The van der Waals surface area contributed by atoms with Crippen molar-refractivity contribution in [2.45, 2.75) is 26.5 Å². The standard InChI is InChI=1S/C20H22ClF2N5O.HI/c1-13-4-3-9-28-12-16(27-18(13)28)7-8-25-20(24-2)26-11-14-10-15(21)5-6-17(14)29-19(22)23;/h3-6,9-10,12,19H,7-8,11H2,1-2H3,(H2,24,25,26);1H. The molecule has 0 unspecified atom stereocenters. The predicted octanol–water partition coefficient (Wildman–Crippen LogP) is 4.42. The van der Waals surface area contributed by atoms with Gasteiger partial charge in [0, 0.05) is 49.5 Å². The molecule has 2 N–H and O–H groups in total. The molecule has 1 aromatic carbocycles. The Hall–Kier alpha value is -2.14. The summed E-state index contributed by atoms with van der Waals surface area (Å²) in [5, 5.41) is 6.71. The summed E-state index contributed by atoms with van der Waals surface area (Å²) >= 11 is 5.97. The topological polar surface area (TPSA) is 63.0 Å². The second-order valence-electron chi connectivity index (χ2n) is 6.39. The lowest BCUT2D eigenvalue weighted by Gasteiger charge is -2.14. The van der Waals surface area contributed by atoms with Crippen LogP contribution in [0.1, 0.15) is 16.8 Å². The van der Waals surface area contributed by atoms with Gasteiger partial charge in [-0.05, 0) is 36.8 Å². The van der Waals surface area contributed by atoms with Crippen LogP contribution in [0.2, 0.25) is 5.02 Å². The summed E-state index contributed by atoms with van der Waals surface area (Å²) < 4.78 is 31.7. The van der Waals surface area contributed by atoms with Crippen molar-refractivity contribution in [1.29, 1.82) is 0 Å². The fourth-order valence-corrected chi connectivity index (χ4v) is 3.13. The van der Waals surface area contributed by atoms with E-state index in [1.807, 2.05) is 35.9 Å². The van der Waals surface area contributed by atoms with Gasteiger partial charge in [0.2, 0.25) is 0 Å². The predicted molar refractivity (Wildman–Crippen MR) is 125 cm³/mol. The van der Waals surface area contributed by atoms with Gasteiger partial charge in [0.1, 0.15) is 11.4 Å². The largest absolute Gasteiger partial charge is 0.434 e. The van der Waals surface area contributed by atoms with E-state index in [0.29, 0.717) is 29.5 Å². The Labute approximate surface area is 195 Å². The highest BCUT2D eigenvalue weighted by Crippen LogP contribution is 2.24. The summed E-state index contributed by atoms with van der Waals surface area (Å²) in [6.07, 6.45) is 4.68. The Kier molecular flexibility index (Phi) is 9.09. The van der Waals surface area contributed by atoms with E-state index in [0.717, 1.165) is 16.9 Å². The van der Waals surface area contributed by atoms with Gasteiger partial charge >= 0.3 is 6.61 Å². The summed E-state index contributed by atoms with van der Waals surface area (Å²) in [5.41, 5.74) is 3.53. The van der Waals surface area contributed by atoms with E-state index in [1.165, 1.54) is 12.1 Å². The number of aryl methyl sites for hydroxylation is 1. The number of alkyl halides is 2. The Balaban J connectivity index is 0.00000320. The molecule has 3 aromatic rings. The van der Waals surface area contributed by atoms with Crippen molar-refractivity contribution in [2.24, 2.45) is 4.99 Å². The lowest BCUT2D eigenvalue weighted by atomic mass is 10.2. The molecular weight excluding hydrogens is 527 g/mol. The maximum atomic E-state index is 12.6. The highest BCUT2D eigenvalue weighted by atomic mass is 127. The second-order valence-corrected chi connectivity index (χ2v) is 6.82. The molecule has 0 bridgehead atoms. The lowest BCUT2D eigenvalue weighted by Crippen LogP contribution is -2.38. The molecule has 0 aliphatic rings. The van der Waals surface area contributed by atoms with Crippen LogP contribution in [0, 0.1) is 6.92 Å². The maximum Gasteiger partial charge on any atom is 0.387 e. The summed E-state index contributed by atoms with van der Waals surface area (Å²) in [6.45, 7) is -0.0340. The minimum atomic E-state index is -2.90. The van der Waals surface area contributed by atoms with Crippen LogP contribution in [-0.4, -0.2) is 35.5 Å². The number of hydrogen-bond donors (Lipinski definition) is 2. The SMILES string of the molecule is CN=C(NCCc1cn2cccc(C)c2n1)NCc1cc(Cl)ccc1OC(F)F.I. The van der Waals surface area contributed by atoms with Crippen molar-refractivity contribution >= 4 is 47.2 Å². The number of guanidine groups is 1. The van der Waals surface area contributed by atoms with Crippen LogP contribution in [-0.2, 0) is 13.0 Å². The fourth-order valence-electron chi connectivity index (χ4n) is 2.93. The fraction of sp³-hybridized carbons (Fsp3) is 0.300.